The van der Waals surface area contributed by atoms with Gasteiger partial charge in [0.25, 0.3) is 0 Å². The van der Waals surface area contributed by atoms with Crippen molar-refractivity contribution in [1.82, 2.24) is 30.0 Å². The third kappa shape index (κ3) is 5.84. The van der Waals surface area contributed by atoms with Crippen molar-refractivity contribution in [3.8, 4) is 0 Å². The van der Waals surface area contributed by atoms with E-state index in [4.69, 9.17) is 9.47 Å². The first-order valence-corrected chi connectivity index (χ1v) is 10.8. The number of amides is 1. The number of benzene rings is 1. The zero-order valence-electron chi connectivity index (χ0n) is 17.4. The molecular weight excluding hydrogens is 384 g/mol. The number of morpholine rings is 1. The topological polar surface area (TPSA) is 85.6 Å². The van der Waals surface area contributed by atoms with Crippen molar-refractivity contribution in [1.29, 1.82) is 0 Å². The Morgan fingerprint density at radius 2 is 1.87 bits per heavy atom. The summed E-state index contributed by atoms with van der Waals surface area (Å²) in [6.45, 7) is 6.56. The maximum absolute atomic E-state index is 12.7. The molecule has 30 heavy (non-hydrogen) atoms. The minimum atomic E-state index is 0.157. The van der Waals surface area contributed by atoms with Crippen molar-refractivity contribution in [3.05, 3.63) is 41.7 Å². The summed E-state index contributed by atoms with van der Waals surface area (Å²) < 4.78 is 13.2. The zero-order chi connectivity index (χ0) is 20.6. The van der Waals surface area contributed by atoms with Gasteiger partial charge >= 0.3 is 0 Å². The maximum atomic E-state index is 12.7. The smallest absolute Gasteiger partial charge is 0.224 e. The first-order valence-electron chi connectivity index (χ1n) is 10.8. The molecule has 2 aliphatic heterocycles. The van der Waals surface area contributed by atoms with Gasteiger partial charge in [0.15, 0.2) is 5.82 Å². The van der Waals surface area contributed by atoms with E-state index in [0.717, 1.165) is 58.1 Å². The van der Waals surface area contributed by atoms with Gasteiger partial charge in [-0.25, -0.2) is 4.68 Å². The lowest BCUT2D eigenvalue weighted by atomic mass is 10.1. The van der Waals surface area contributed by atoms with Gasteiger partial charge in [0, 0.05) is 32.6 Å². The van der Waals surface area contributed by atoms with Gasteiger partial charge in [-0.05, 0) is 28.8 Å². The van der Waals surface area contributed by atoms with Crippen LogP contribution >= 0.6 is 0 Å². The van der Waals surface area contributed by atoms with E-state index in [2.05, 4.69) is 32.6 Å². The first kappa shape index (κ1) is 20.9. The average molecular weight is 415 g/mol. The Morgan fingerprint density at radius 3 is 2.63 bits per heavy atom. The number of piperidine rings is 1. The summed E-state index contributed by atoms with van der Waals surface area (Å²) in [5.74, 6) is 0.960. The van der Waals surface area contributed by atoms with Crippen LogP contribution in [-0.4, -0.2) is 81.4 Å². The largest absolute Gasteiger partial charge is 0.379 e. The van der Waals surface area contributed by atoms with Crippen LogP contribution in [-0.2, 0) is 34.0 Å². The molecule has 9 heteroatoms. The number of aryl methyl sites for hydroxylation is 1. The second-order valence-corrected chi connectivity index (χ2v) is 7.83. The molecule has 9 nitrogen and oxygen atoms in total. The molecule has 2 saturated heterocycles. The molecule has 1 aromatic carbocycles. The molecule has 162 valence electrons. The van der Waals surface area contributed by atoms with Crippen molar-refractivity contribution < 1.29 is 14.3 Å². The fourth-order valence-corrected chi connectivity index (χ4v) is 3.89. The van der Waals surface area contributed by atoms with Crippen molar-refractivity contribution in [3.63, 3.8) is 0 Å². The molecule has 1 amide bonds. The molecule has 2 fully saturated rings. The van der Waals surface area contributed by atoms with Crippen molar-refractivity contribution in [2.24, 2.45) is 0 Å². The first-order chi connectivity index (χ1) is 14.8. The van der Waals surface area contributed by atoms with Crippen molar-refractivity contribution in [2.75, 3.05) is 39.4 Å². The number of likely N-dealkylation sites (tertiary alicyclic amines) is 1. The van der Waals surface area contributed by atoms with Crippen molar-refractivity contribution >= 4 is 5.91 Å². The van der Waals surface area contributed by atoms with Gasteiger partial charge in [0.1, 0.15) is 0 Å². The predicted molar refractivity (Wildman–Crippen MR) is 109 cm³/mol. The van der Waals surface area contributed by atoms with Gasteiger partial charge in [-0.2, -0.15) is 0 Å². The molecule has 0 N–H and O–H groups in total. The second kappa shape index (κ2) is 10.6. The van der Waals surface area contributed by atoms with E-state index >= 15 is 0 Å². The van der Waals surface area contributed by atoms with Crippen LogP contribution < -0.4 is 0 Å². The van der Waals surface area contributed by atoms with E-state index < -0.39 is 0 Å². The van der Waals surface area contributed by atoms with Crippen LogP contribution in [0.15, 0.2) is 30.3 Å². The highest BCUT2D eigenvalue weighted by molar-refractivity contribution is 5.76. The highest BCUT2D eigenvalue weighted by Crippen LogP contribution is 2.17. The lowest BCUT2D eigenvalue weighted by Crippen LogP contribution is -2.41. The summed E-state index contributed by atoms with van der Waals surface area (Å²) in [4.78, 5) is 16.9. The molecule has 0 unspecified atom stereocenters. The number of tetrazole rings is 1. The van der Waals surface area contributed by atoms with Gasteiger partial charge in [0.05, 0.1) is 39.0 Å². The Kier molecular flexibility index (Phi) is 7.39. The average Bonchev–Trinajstić information content (AvgIpc) is 3.24. The maximum Gasteiger partial charge on any atom is 0.224 e. The summed E-state index contributed by atoms with van der Waals surface area (Å²) >= 11 is 0. The summed E-state index contributed by atoms with van der Waals surface area (Å²) in [7, 11) is 0. The predicted octanol–water partition coefficient (Wildman–Crippen LogP) is 1.10. The lowest BCUT2D eigenvalue weighted by Gasteiger charge is -2.32. The van der Waals surface area contributed by atoms with Gasteiger partial charge in [-0.1, -0.05) is 30.3 Å². The third-order valence-electron chi connectivity index (χ3n) is 5.74. The molecule has 1 aromatic heterocycles. The monoisotopic (exact) mass is 414 g/mol. The summed E-state index contributed by atoms with van der Waals surface area (Å²) in [6, 6.07) is 10.2. The molecule has 2 aromatic rings. The Bertz CT molecular complexity index is 785. The standard InChI is InChI=1S/C21H30N6O3/c28-21(8-11-27-20(22-23-24-27)16-25-12-14-29-15-13-25)26-9-6-19(7-10-26)30-17-18-4-2-1-3-5-18/h1-5,19H,6-17H2. The molecular formula is C21H30N6O3. The Balaban J connectivity index is 1.18. The second-order valence-electron chi connectivity index (χ2n) is 7.83. The minimum absolute atomic E-state index is 0.157. The SMILES string of the molecule is O=C(CCn1nnnc1CN1CCOCC1)N1CCC(OCc2ccccc2)CC1. The molecule has 0 spiro atoms. The molecule has 4 rings (SSSR count). The van der Waals surface area contributed by atoms with Crippen LogP contribution in [0.1, 0.15) is 30.7 Å². The number of carbonyl (C=O) groups is 1. The molecule has 2 aliphatic rings. The number of ether oxygens (including phenoxy) is 2. The highest BCUT2D eigenvalue weighted by atomic mass is 16.5. The highest BCUT2D eigenvalue weighted by Gasteiger charge is 2.23. The van der Waals surface area contributed by atoms with E-state index in [1.54, 1.807) is 4.68 Å². The van der Waals surface area contributed by atoms with Crippen LogP contribution in [0.4, 0.5) is 0 Å². The molecule has 0 atom stereocenters. The number of carbonyl (C=O) groups excluding carboxylic acids is 1. The fourth-order valence-electron chi connectivity index (χ4n) is 3.89. The van der Waals surface area contributed by atoms with Gasteiger partial charge in [0.2, 0.25) is 5.91 Å². The van der Waals surface area contributed by atoms with E-state index in [1.807, 2.05) is 23.1 Å². The lowest BCUT2D eigenvalue weighted by molar-refractivity contribution is -0.134. The minimum Gasteiger partial charge on any atom is -0.379 e. The number of aromatic nitrogens is 4. The van der Waals surface area contributed by atoms with Gasteiger partial charge in [-0.15, -0.1) is 5.10 Å². The van der Waals surface area contributed by atoms with Crippen LogP contribution in [0.25, 0.3) is 0 Å². The summed E-state index contributed by atoms with van der Waals surface area (Å²) in [6.07, 6.45) is 2.39. The van der Waals surface area contributed by atoms with Crippen LogP contribution in [0.5, 0.6) is 0 Å². The third-order valence-corrected chi connectivity index (χ3v) is 5.74. The Hall–Kier alpha value is -2.36. The van der Waals surface area contributed by atoms with E-state index in [-0.39, 0.29) is 12.0 Å². The van der Waals surface area contributed by atoms with Crippen LogP contribution in [0.2, 0.25) is 0 Å². The van der Waals surface area contributed by atoms with Gasteiger partial charge in [-0.3, -0.25) is 9.69 Å². The quantitative estimate of drug-likeness (QED) is 0.639. The molecule has 0 bridgehead atoms. The van der Waals surface area contributed by atoms with Crippen LogP contribution in [0, 0.1) is 0 Å². The number of nitrogens with zero attached hydrogens (tertiary/aromatic N) is 6. The number of rotatable bonds is 8. The number of hydrogen-bond donors (Lipinski definition) is 0. The van der Waals surface area contributed by atoms with E-state index in [0.29, 0.717) is 26.1 Å². The summed E-state index contributed by atoms with van der Waals surface area (Å²) in [5.41, 5.74) is 1.19. The Labute approximate surface area is 176 Å². The van der Waals surface area contributed by atoms with Crippen LogP contribution in [0.3, 0.4) is 0 Å². The van der Waals surface area contributed by atoms with E-state index in [1.165, 1.54) is 5.56 Å². The van der Waals surface area contributed by atoms with Crippen molar-refractivity contribution in [2.45, 2.75) is 45.1 Å². The molecule has 0 saturated carbocycles. The fraction of sp³-hybridized carbons (Fsp3) is 0.619. The molecule has 3 heterocycles. The summed E-state index contributed by atoms with van der Waals surface area (Å²) in [5, 5.41) is 12.0. The molecule has 0 aliphatic carbocycles. The normalized spacial score (nSPS) is 18.6. The zero-order valence-corrected chi connectivity index (χ0v) is 17.4. The van der Waals surface area contributed by atoms with Gasteiger partial charge < -0.3 is 14.4 Å². The van der Waals surface area contributed by atoms with E-state index in [9.17, 15) is 4.79 Å². The number of hydrogen-bond acceptors (Lipinski definition) is 7. The Morgan fingerprint density at radius 1 is 1.10 bits per heavy atom. The molecule has 0 radical (unpaired) electrons.